The molecule has 0 unspecified atom stereocenters. The van der Waals surface area contributed by atoms with Gasteiger partial charge in [0, 0.05) is 16.8 Å². The molecule has 0 N–H and O–H groups in total. The summed E-state index contributed by atoms with van der Waals surface area (Å²) in [5.74, 6) is 0.813. The van der Waals surface area contributed by atoms with Crippen molar-refractivity contribution in [2.45, 2.75) is 26.7 Å². The Bertz CT molecular complexity index is 749. The molecule has 0 atom stereocenters. The molecule has 0 saturated heterocycles. The summed E-state index contributed by atoms with van der Waals surface area (Å²) in [7, 11) is 0. The zero-order valence-corrected chi connectivity index (χ0v) is 13.1. The summed E-state index contributed by atoms with van der Waals surface area (Å²) >= 11 is 0. The largest absolute Gasteiger partial charge is 0.233 e. The molecule has 1 heterocycles. The van der Waals surface area contributed by atoms with Gasteiger partial charge in [-0.1, -0.05) is 74.0 Å². The zero-order chi connectivity index (χ0) is 15.4. The molecule has 0 spiro atoms. The molecule has 0 fully saturated rings. The van der Waals surface area contributed by atoms with Gasteiger partial charge in [-0.3, -0.25) is 0 Å². The first-order chi connectivity index (χ1) is 10.8. The second kappa shape index (κ2) is 6.52. The van der Waals surface area contributed by atoms with E-state index in [1.165, 1.54) is 5.56 Å². The fourth-order valence-electron chi connectivity index (χ4n) is 2.64. The van der Waals surface area contributed by atoms with E-state index in [4.69, 9.17) is 9.97 Å². The summed E-state index contributed by atoms with van der Waals surface area (Å²) in [6.07, 6.45) is 2.06. The van der Waals surface area contributed by atoms with Gasteiger partial charge in [0.05, 0.1) is 5.69 Å². The van der Waals surface area contributed by atoms with Gasteiger partial charge in [0.1, 0.15) is 0 Å². The molecule has 0 saturated carbocycles. The van der Waals surface area contributed by atoms with E-state index in [1.54, 1.807) is 0 Å². The highest BCUT2D eigenvalue weighted by molar-refractivity contribution is 5.67. The molecule has 3 aromatic rings. The third kappa shape index (κ3) is 2.91. The molecule has 0 aliphatic rings. The predicted molar refractivity (Wildman–Crippen MR) is 91.6 cm³/mol. The second-order valence-corrected chi connectivity index (χ2v) is 5.45. The van der Waals surface area contributed by atoms with Crippen molar-refractivity contribution < 1.29 is 0 Å². The van der Waals surface area contributed by atoms with Gasteiger partial charge in [0.25, 0.3) is 0 Å². The molecule has 0 aliphatic heterocycles. The lowest BCUT2D eigenvalue weighted by Gasteiger charge is -2.12. The van der Waals surface area contributed by atoms with Crippen LogP contribution in [0.15, 0.2) is 60.7 Å². The molecule has 0 bridgehead atoms. The number of rotatable bonds is 4. The van der Waals surface area contributed by atoms with E-state index in [-0.39, 0.29) is 0 Å². The number of hydrogen-bond donors (Lipinski definition) is 0. The molecule has 0 aliphatic carbocycles. The Morgan fingerprint density at radius 2 is 1.36 bits per heavy atom. The van der Waals surface area contributed by atoms with E-state index >= 15 is 0 Å². The van der Waals surface area contributed by atoms with Crippen molar-refractivity contribution in [2.24, 2.45) is 0 Å². The number of aromatic nitrogens is 2. The van der Waals surface area contributed by atoms with Crippen LogP contribution in [0.3, 0.4) is 0 Å². The number of benzene rings is 2. The minimum atomic E-state index is 0.813. The highest BCUT2D eigenvalue weighted by Gasteiger charge is 2.13. The summed E-state index contributed by atoms with van der Waals surface area (Å²) in [5.41, 5.74) is 5.59. The molecule has 2 heteroatoms. The summed E-state index contributed by atoms with van der Waals surface area (Å²) in [5, 5.41) is 0. The van der Waals surface area contributed by atoms with Gasteiger partial charge in [-0.15, -0.1) is 0 Å². The van der Waals surface area contributed by atoms with Crippen LogP contribution in [0.2, 0.25) is 0 Å². The van der Waals surface area contributed by atoms with E-state index in [9.17, 15) is 0 Å². The van der Waals surface area contributed by atoms with Gasteiger partial charge in [0.15, 0.2) is 5.82 Å². The van der Waals surface area contributed by atoms with Crippen LogP contribution in [0, 0.1) is 6.92 Å². The van der Waals surface area contributed by atoms with Crippen molar-refractivity contribution in [3.05, 3.63) is 71.9 Å². The molecule has 22 heavy (non-hydrogen) atoms. The first-order valence-electron chi connectivity index (χ1n) is 7.78. The average Bonchev–Trinajstić information content (AvgIpc) is 2.58. The maximum absolute atomic E-state index is 4.84. The fraction of sp³-hybridized carbons (Fsp3) is 0.200. The second-order valence-electron chi connectivity index (χ2n) is 5.45. The van der Waals surface area contributed by atoms with Gasteiger partial charge < -0.3 is 0 Å². The number of aryl methyl sites for hydroxylation is 1. The Labute approximate surface area is 131 Å². The van der Waals surface area contributed by atoms with Gasteiger partial charge in [-0.25, -0.2) is 9.97 Å². The fourth-order valence-corrected chi connectivity index (χ4v) is 2.64. The smallest absolute Gasteiger partial charge is 0.160 e. The summed E-state index contributed by atoms with van der Waals surface area (Å²) in [6, 6.07) is 20.6. The van der Waals surface area contributed by atoms with Crippen molar-refractivity contribution in [3.63, 3.8) is 0 Å². The van der Waals surface area contributed by atoms with Crippen molar-refractivity contribution in [1.29, 1.82) is 0 Å². The maximum atomic E-state index is 4.84. The SMILES string of the molecule is CCCc1nc(-c2ccccc2)nc(-c2ccccc2)c1C. The normalized spacial score (nSPS) is 10.6. The van der Waals surface area contributed by atoms with Gasteiger partial charge in [-0.2, -0.15) is 0 Å². The average molecular weight is 288 g/mol. The molecule has 2 nitrogen and oxygen atoms in total. The van der Waals surface area contributed by atoms with Crippen LogP contribution in [0.25, 0.3) is 22.6 Å². The third-order valence-corrected chi connectivity index (χ3v) is 3.81. The van der Waals surface area contributed by atoms with Crippen molar-refractivity contribution >= 4 is 0 Å². The van der Waals surface area contributed by atoms with Crippen molar-refractivity contribution in [3.8, 4) is 22.6 Å². The molecule has 2 aromatic carbocycles. The number of nitrogens with zero attached hydrogens (tertiary/aromatic N) is 2. The van der Waals surface area contributed by atoms with E-state index in [0.717, 1.165) is 41.2 Å². The van der Waals surface area contributed by atoms with Crippen LogP contribution in [-0.4, -0.2) is 9.97 Å². The molecule has 3 rings (SSSR count). The van der Waals surface area contributed by atoms with Crippen LogP contribution in [0.5, 0.6) is 0 Å². The van der Waals surface area contributed by atoms with Crippen LogP contribution in [-0.2, 0) is 6.42 Å². The highest BCUT2D eigenvalue weighted by Crippen LogP contribution is 2.27. The van der Waals surface area contributed by atoms with Crippen LogP contribution >= 0.6 is 0 Å². The molecular formula is C20H20N2. The minimum Gasteiger partial charge on any atom is -0.233 e. The summed E-state index contributed by atoms with van der Waals surface area (Å²) in [6.45, 7) is 4.31. The van der Waals surface area contributed by atoms with Crippen LogP contribution in [0.4, 0.5) is 0 Å². The highest BCUT2D eigenvalue weighted by atomic mass is 14.9. The number of hydrogen-bond acceptors (Lipinski definition) is 2. The maximum Gasteiger partial charge on any atom is 0.160 e. The zero-order valence-electron chi connectivity index (χ0n) is 13.1. The molecule has 1 aromatic heterocycles. The van der Waals surface area contributed by atoms with E-state index in [1.807, 2.05) is 24.3 Å². The standard InChI is InChI=1S/C20H20N2/c1-3-10-18-15(2)19(16-11-6-4-7-12-16)22-20(21-18)17-13-8-5-9-14-17/h4-9,11-14H,3,10H2,1-2H3. The van der Waals surface area contributed by atoms with Gasteiger partial charge in [-0.05, 0) is 18.9 Å². The Morgan fingerprint density at radius 1 is 0.773 bits per heavy atom. The molecule has 0 radical (unpaired) electrons. The predicted octanol–water partition coefficient (Wildman–Crippen LogP) is 5.07. The Kier molecular flexibility index (Phi) is 4.29. The molecule has 110 valence electrons. The van der Waals surface area contributed by atoms with Crippen molar-refractivity contribution in [1.82, 2.24) is 9.97 Å². The third-order valence-electron chi connectivity index (χ3n) is 3.81. The van der Waals surface area contributed by atoms with Crippen molar-refractivity contribution in [2.75, 3.05) is 0 Å². The Morgan fingerprint density at radius 3 is 1.95 bits per heavy atom. The monoisotopic (exact) mass is 288 g/mol. The van der Waals surface area contributed by atoms with Gasteiger partial charge in [0.2, 0.25) is 0 Å². The summed E-state index contributed by atoms with van der Waals surface area (Å²) < 4.78 is 0. The lowest BCUT2D eigenvalue weighted by atomic mass is 10.0. The summed E-state index contributed by atoms with van der Waals surface area (Å²) in [4.78, 5) is 9.65. The lowest BCUT2D eigenvalue weighted by molar-refractivity contribution is 0.864. The van der Waals surface area contributed by atoms with Crippen LogP contribution < -0.4 is 0 Å². The first-order valence-corrected chi connectivity index (χ1v) is 7.78. The lowest BCUT2D eigenvalue weighted by Crippen LogP contribution is -2.02. The Hall–Kier alpha value is -2.48. The molecular weight excluding hydrogens is 268 g/mol. The van der Waals surface area contributed by atoms with E-state index in [0.29, 0.717) is 0 Å². The quantitative estimate of drug-likeness (QED) is 0.669. The Balaban J connectivity index is 2.19. The van der Waals surface area contributed by atoms with E-state index in [2.05, 4.69) is 50.2 Å². The van der Waals surface area contributed by atoms with Gasteiger partial charge >= 0.3 is 0 Å². The topological polar surface area (TPSA) is 25.8 Å². The first kappa shape index (κ1) is 14.5. The minimum absolute atomic E-state index is 0.813. The molecule has 0 amide bonds. The van der Waals surface area contributed by atoms with Crippen LogP contribution in [0.1, 0.15) is 24.6 Å². The van der Waals surface area contributed by atoms with E-state index < -0.39 is 0 Å².